The monoisotopic (exact) mass is 489 g/mol. The number of methoxy groups -OCH3 is 1. The van der Waals surface area contributed by atoms with Gasteiger partial charge in [-0.1, -0.05) is 12.1 Å². The van der Waals surface area contributed by atoms with Crippen LogP contribution in [0.25, 0.3) is 11.6 Å². The molecular formula is C28H31N3O3S. The van der Waals surface area contributed by atoms with Crippen LogP contribution in [0.3, 0.4) is 0 Å². The van der Waals surface area contributed by atoms with Crippen molar-refractivity contribution >= 4 is 52.2 Å². The lowest BCUT2D eigenvalue weighted by molar-refractivity contribution is -0.122. The molecule has 2 aromatic carbocycles. The third kappa shape index (κ3) is 4.36. The molecule has 2 aromatic rings. The average Bonchev–Trinajstić information content (AvgIpc) is 2.75. The van der Waals surface area contributed by atoms with Gasteiger partial charge in [-0.2, -0.15) is 0 Å². The Kier molecular flexibility index (Phi) is 6.32. The molecule has 0 aliphatic carbocycles. The molecule has 0 spiro atoms. The first-order valence-corrected chi connectivity index (χ1v) is 12.1. The number of hydrogen-bond acceptors (Lipinski definition) is 5. The molecule has 1 N–H and O–H groups in total. The largest absolute Gasteiger partial charge is 0.496 e. The van der Waals surface area contributed by atoms with Crippen LogP contribution in [0, 0.1) is 13.8 Å². The van der Waals surface area contributed by atoms with Gasteiger partial charge in [-0.05, 0) is 94.7 Å². The molecule has 2 aliphatic heterocycles. The lowest BCUT2D eigenvalue weighted by atomic mass is 9.87. The molecule has 1 saturated heterocycles. The number of nitrogens with zero attached hydrogens (tertiary/aromatic N) is 2. The van der Waals surface area contributed by atoms with Crippen LogP contribution in [-0.2, 0) is 9.59 Å². The summed E-state index contributed by atoms with van der Waals surface area (Å²) in [5, 5.41) is 2.74. The number of anilines is 2. The number of fused-ring (bicyclic) bond motifs is 1. The first-order valence-electron chi connectivity index (χ1n) is 11.7. The van der Waals surface area contributed by atoms with Gasteiger partial charge < -0.3 is 9.64 Å². The summed E-state index contributed by atoms with van der Waals surface area (Å²) in [4.78, 5) is 30.1. The van der Waals surface area contributed by atoms with Crippen molar-refractivity contribution in [2.75, 3.05) is 23.5 Å². The zero-order valence-corrected chi connectivity index (χ0v) is 22.1. The normalized spacial score (nSPS) is 18.4. The number of carbonyl (C=O) groups is 2. The highest BCUT2D eigenvalue weighted by molar-refractivity contribution is 7.80. The molecule has 0 radical (unpaired) electrons. The predicted octanol–water partition coefficient (Wildman–Crippen LogP) is 5.17. The standard InChI is InChI=1S/C28H31N3O3S/c1-8-30-23-14-24(34-7)19(12-21(23)18(4)15-28(30,5)6)13-22-25(32)29-27(35)31(26(22)33)20-10-16(2)9-17(3)11-20/h9-15H,8H2,1-7H3,(H,29,32,35)/b22-13-. The van der Waals surface area contributed by atoms with E-state index in [0.29, 0.717) is 17.0 Å². The Morgan fingerprint density at radius 2 is 1.71 bits per heavy atom. The molecule has 0 unspecified atom stereocenters. The minimum Gasteiger partial charge on any atom is -0.496 e. The smallest absolute Gasteiger partial charge is 0.270 e. The molecule has 182 valence electrons. The molecule has 35 heavy (non-hydrogen) atoms. The second-order valence-electron chi connectivity index (χ2n) is 9.64. The number of aryl methyl sites for hydroxylation is 2. The van der Waals surface area contributed by atoms with Gasteiger partial charge in [0.05, 0.1) is 18.3 Å². The van der Waals surface area contributed by atoms with Crippen molar-refractivity contribution in [2.45, 2.75) is 47.1 Å². The third-order valence-electron chi connectivity index (χ3n) is 6.51. The molecule has 7 heteroatoms. The van der Waals surface area contributed by atoms with Gasteiger partial charge in [0.2, 0.25) is 0 Å². The van der Waals surface area contributed by atoms with Crippen molar-refractivity contribution in [3.63, 3.8) is 0 Å². The zero-order chi connectivity index (χ0) is 25.7. The van der Waals surface area contributed by atoms with Crippen LogP contribution in [0.4, 0.5) is 11.4 Å². The Morgan fingerprint density at radius 3 is 2.31 bits per heavy atom. The van der Waals surface area contributed by atoms with Crippen LogP contribution in [0.2, 0.25) is 0 Å². The number of hydrogen-bond donors (Lipinski definition) is 1. The molecule has 0 atom stereocenters. The summed E-state index contributed by atoms with van der Waals surface area (Å²) in [6, 6.07) is 9.74. The summed E-state index contributed by atoms with van der Waals surface area (Å²) in [6.07, 6.45) is 3.83. The Labute approximate surface area is 212 Å². The number of likely N-dealkylation sites (N-methyl/N-ethyl adjacent to an activating group) is 1. The van der Waals surface area contributed by atoms with E-state index in [2.05, 4.69) is 44.0 Å². The number of thiocarbonyl (C=S) groups is 1. The van der Waals surface area contributed by atoms with Gasteiger partial charge in [-0.25, -0.2) is 0 Å². The van der Waals surface area contributed by atoms with E-state index in [9.17, 15) is 9.59 Å². The number of benzene rings is 2. The van der Waals surface area contributed by atoms with Crippen molar-refractivity contribution in [1.82, 2.24) is 5.32 Å². The lowest BCUT2D eigenvalue weighted by Gasteiger charge is -2.43. The molecule has 2 heterocycles. The average molecular weight is 490 g/mol. The highest BCUT2D eigenvalue weighted by Crippen LogP contribution is 2.42. The van der Waals surface area contributed by atoms with Crippen LogP contribution in [0.15, 0.2) is 42.0 Å². The number of carbonyl (C=O) groups excluding carboxylic acids is 2. The molecule has 0 bridgehead atoms. The molecule has 1 fully saturated rings. The molecule has 4 rings (SSSR count). The molecule has 6 nitrogen and oxygen atoms in total. The van der Waals surface area contributed by atoms with E-state index in [1.54, 1.807) is 13.2 Å². The summed E-state index contributed by atoms with van der Waals surface area (Å²) in [6.45, 7) is 13.3. The van der Waals surface area contributed by atoms with Crippen molar-refractivity contribution in [3.05, 3.63) is 64.2 Å². The second kappa shape index (κ2) is 8.96. The maximum Gasteiger partial charge on any atom is 0.270 e. The zero-order valence-electron chi connectivity index (χ0n) is 21.3. The van der Waals surface area contributed by atoms with Crippen molar-refractivity contribution in [2.24, 2.45) is 0 Å². The molecule has 2 amide bonds. The van der Waals surface area contributed by atoms with Crippen LogP contribution in [-0.4, -0.2) is 36.1 Å². The summed E-state index contributed by atoms with van der Waals surface area (Å²) < 4.78 is 5.71. The minimum atomic E-state index is -0.524. The lowest BCUT2D eigenvalue weighted by Crippen LogP contribution is -2.54. The predicted molar refractivity (Wildman–Crippen MR) is 146 cm³/mol. The van der Waals surface area contributed by atoms with E-state index in [0.717, 1.165) is 34.5 Å². The van der Waals surface area contributed by atoms with E-state index in [-0.39, 0.29) is 16.2 Å². The van der Waals surface area contributed by atoms with Gasteiger partial charge in [-0.3, -0.25) is 19.8 Å². The first-order chi connectivity index (χ1) is 16.5. The quantitative estimate of drug-likeness (QED) is 0.365. The van der Waals surface area contributed by atoms with E-state index in [1.165, 1.54) is 4.90 Å². The summed E-state index contributed by atoms with van der Waals surface area (Å²) in [5.74, 6) is -0.400. The molecular weight excluding hydrogens is 458 g/mol. The number of amides is 2. The number of rotatable bonds is 4. The van der Waals surface area contributed by atoms with Gasteiger partial charge in [-0.15, -0.1) is 0 Å². The third-order valence-corrected chi connectivity index (χ3v) is 6.80. The van der Waals surface area contributed by atoms with Crippen LogP contribution >= 0.6 is 12.2 Å². The van der Waals surface area contributed by atoms with E-state index >= 15 is 0 Å². The maximum atomic E-state index is 13.6. The van der Waals surface area contributed by atoms with E-state index in [4.69, 9.17) is 17.0 Å². The van der Waals surface area contributed by atoms with Gasteiger partial charge in [0.15, 0.2) is 5.11 Å². The fourth-order valence-corrected chi connectivity index (χ4v) is 5.40. The number of nitrogens with one attached hydrogen (secondary N) is 1. The van der Waals surface area contributed by atoms with Gasteiger partial charge in [0, 0.05) is 29.4 Å². The fourth-order valence-electron chi connectivity index (χ4n) is 5.12. The number of allylic oxidation sites excluding steroid dienone is 1. The highest BCUT2D eigenvalue weighted by atomic mass is 32.1. The van der Waals surface area contributed by atoms with Crippen molar-refractivity contribution in [3.8, 4) is 5.75 Å². The fraction of sp³-hybridized carbons (Fsp3) is 0.321. The maximum absolute atomic E-state index is 13.6. The summed E-state index contributed by atoms with van der Waals surface area (Å²) in [7, 11) is 1.59. The Morgan fingerprint density at radius 1 is 1.06 bits per heavy atom. The summed E-state index contributed by atoms with van der Waals surface area (Å²) in [5.41, 5.74) is 6.38. The highest BCUT2D eigenvalue weighted by Gasteiger charge is 2.36. The Balaban J connectivity index is 1.84. The van der Waals surface area contributed by atoms with E-state index < -0.39 is 11.8 Å². The number of ether oxygens (including phenoxy) is 1. The van der Waals surface area contributed by atoms with Gasteiger partial charge in [0.1, 0.15) is 11.3 Å². The molecule has 0 aromatic heterocycles. The molecule has 2 aliphatic rings. The minimum absolute atomic E-state index is 0.00105. The van der Waals surface area contributed by atoms with Crippen molar-refractivity contribution in [1.29, 1.82) is 0 Å². The second-order valence-corrected chi connectivity index (χ2v) is 10.0. The topological polar surface area (TPSA) is 61.9 Å². The van der Waals surface area contributed by atoms with Crippen LogP contribution < -0.4 is 19.9 Å². The first kappa shape index (κ1) is 24.7. The van der Waals surface area contributed by atoms with Crippen LogP contribution in [0.5, 0.6) is 5.75 Å². The SMILES string of the molecule is CCN1c2cc(OC)c(/C=C3/C(=O)NC(=S)N(c4cc(C)cc(C)c4)C3=O)cc2C(C)=CC1(C)C. The Bertz CT molecular complexity index is 1300. The molecule has 0 saturated carbocycles. The van der Waals surface area contributed by atoms with E-state index in [1.807, 2.05) is 44.2 Å². The van der Waals surface area contributed by atoms with Gasteiger partial charge >= 0.3 is 0 Å². The Hall–Kier alpha value is -3.45. The van der Waals surface area contributed by atoms with Gasteiger partial charge in [0.25, 0.3) is 11.8 Å². The summed E-state index contributed by atoms with van der Waals surface area (Å²) >= 11 is 5.37. The van der Waals surface area contributed by atoms with Crippen molar-refractivity contribution < 1.29 is 14.3 Å². The van der Waals surface area contributed by atoms with Crippen LogP contribution in [0.1, 0.15) is 49.9 Å².